The first-order valence-corrected chi connectivity index (χ1v) is 15.5. The molecule has 1 aromatic heterocycles. The van der Waals surface area contributed by atoms with Crippen LogP contribution in [0.15, 0.2) is 30.5 Å². The molecule has 0 aliphatic heterocycles. The lowest BCUT2D eigenvalue weighted by atomic mass is 9.80. The van der Waals surface area contributed by atoms with Crippen LogP contribution in [0.2, 0.25) is 0 Å². The predicted octanol–water partition coefficient (Wildman–Crippen LogP) is 4.23. The molecule has 0 radical (unpaired) electrons. The standard InChI is InChI=1S/C33H54N4O6/c1-9-10-15-35-30(39)22(4)18-28(38)25(32(41)43-33(5,6)7)19-24(21(2)3)29(34)36-31(40)26-20-37(16-17-42-8)27-14-12-11-13-23(26)27/h11-14,20-22,24-25,28-29,38H,9-10,15-19,34H2,1-8H3,(H,35,39)(H,36,40)/t22-,24-,25+,28+,29?/m1/s1. The third-order valence-electron chi connectivity index (χ3n) is 7.76. The highest BCUT2D eigenvalue weighted by Crippen LogP contribution is 2.30. The van der Waals surface area contributed by atoms with Gasteiger partial charge in [0.25, 0.3) is 5.91 Å². The van der Waals surface area contributed by atoms with E-state index in [-0.39, 0.29) is 36.5 Å². The number of aliphatic hydroxyl groups excluding tert-OH is 1. The van der Waals surface area contributed by atoms with Gasteiger partial charge in [-0.3, -0.25) is 14.4 Å². The van der Waals surface area contributed by atoms with E-state index in [0.717, 1.165) is 23.7 Å². The number of aliphatic hydroxyl groups is 1. The van der Waals surface area contributed by atoms with Crippen molar-refractivity contribution in [3.05, 3.63) is 36.0 Å². The normalized spacial score (nSPS) is 15.5. The van der Waals surface area contributed by atoms with Crippen molar-refractivity contribution in [1.29, 1.82) is 0 Å². The van der Waals surface area contributed by atoms with Gasteiger partial charge in [-0.15, -0.1) is 0 Å². The monoisotopic (exact) mass is 602 g/mol. The van der Waals surface area contributed by atoms with E-state index >= 15 is 0 Å². The molecule has 2 amide bonds. The molecule has 2 aromatic rings. The Hall–Kier alpha value is -2.95. The number of para-hydroxylation sites is 1. The largest absolute Gasteiger partial charge is 0.460 e. The summed E-state index contributed by atoms with van der Waals surface area (Å²) in [6, 6.07) is 7.66. The van der Waals surface area contributed by atoms with E-state index in [0.29, 0.717) is 25.3 Å². The van der Waals surface area contributed by atoms with Gasteiger partial charge < -0.3 is 35.5 Å². The summed E-state index contributed by atoms with van der Waals surface area (Å²) in [7, 11) is 1.63. The molecular formula is C33H54N4O6. The lowest BCUT2D eigenvalue weighted by molar-refractivity contribution is -0.166. The van der Waals surface area contributed by atoms with Crippen molar-refractivity contribution in [3.8, 4) is 0 Å². The van der Waals surface area contributed by atoms with E-state index < -0.39 is 35.7 Å². The van der Waals surface area contributed by atoms with E-state index in [1.807, 2.05) is 49.6 Å². The fourth-order valence-electron chi connectivity index (χ4n) is 5.25. The number of aromatic nitrogens is 1. The Morgan fingerprint density at radius 3 is 2.37 bits per heavy atom. The zero-order valence-electron chi connectivity index (χ0n) is 27.3. The number of benzene rings is 1. The van der Waals surface area contributed by atoms with Crippen LogP contribution in [0.5, 0.6) is 0 Å². The highest BCUT2D eigenvalue weighted by molar-refractivity contribution is 6.07. The summed E-state index contributed by atoms with van der Waals surface area (Å²) < 4.78 is 12.9. The van der Waals surface area contributed by atoms with Crippen LogP contribution in [0.4, 0.5) is 0 Å². The van der Waals surface area contributed by atoms with E-state index in [2.05, 4.69) is 10.6 Å². The number of methoxy groups -OCH3 is 1. The first-order valence-electron chi connectivity index (χ1n) is 15.5. The smallest absolute Gasteiger partial charge is 0.312 e. The van der Waals surface area contributed by atoms with Gasteiger partial charge in [0.1, 0.15) is 5.60 Å². The van der Waals surface area contributed by atoms with Gasteiger partial charge in [-0.25, -0.2) is 0 Å². The maximum atomic E-state index is 13.5. The molecule has 0 bridgehead atoms. The number of esters is 1. The maximum absolute atomic E-state index is 13.5. The van der Waals surface area contributed by atoms with Crippen molar-refractivity contribution in [2.45, 2.75) is 98.6 Å². The van der Waals surface area contributed by atoms with Gasteiger partial charge in [0.2, 0.25) is 5.91 Å². The van der Waals surface area contributed by atoms with Crippen molar-refractivity contribution < 1.29 is 29.0 Å². The van der Waals surface area contributed by atoms with Crippen LogP contribution in [0.25, 0.3) is 10.9 Å². The SMILES string of the molecule is CCCCNC(=O)[C@H](C)C[C@H](O)[C@H](C[C@H](C(C)C)C(N)NC(=O)c1cn(CCOC)c2ccccc12)C(=O)OC(C)(C)C. The Balaban J connectivity index is 2.27. The van der Waals surface area contributed by atoms with Crippen LogP contribution >= 0.6 is 0 Å². The second-order valence-electron chi connectivity index (χ2n) is 12.9. The first-order chi connectivity index (χ1) is 20.2. The predicted molar refractivity (Wildman–Crippen MR) is 169 cm³/mol. The van der Waals surface area contributed by atoms with Gasteiger partial charge in [-0.1, -0.05) is 52.3 Å². The number of hydrogen-bond acceptors (Lipinski definition) is 7. The second-order valence-corrected chi connectivity index (χ2v) is 12.9. The number of unbranched alkanes of at least 4 members (excludes halogenated alkanes) is 1. The average molecular weight is 603 g/mol. The number of carbonyl (C=O) groups excluding carboxylic acids is 3. The Morgan fingerprint density at radius 2 is 1.77 bits per heavy atom. The summed E-state index contributed by atoms with van der Waals surface area (Å²) >= 11 is 0. The van der Waals surface area contributed by atoms with Crippen molar-refractivity contribution >= 4 is 28.7 Å². The molecule has 2 rings (SSSR count). The zero-order valence-corrected chi connectivity index (χ0v) is 27.3. The molecule has 242 valence electrons. The lowest BCUT2D eigenvalue weighted by Crippen LogP contribution is -2.50. The first kappa shape index (κ1) is 36.2. The number of nitrogens with one attached hydrogen (secondary N) is 2. The van der Waals surface area contributed by atoms with Gasteiger partial charge in [-0.2, -0.15) is 0 Å². The van der Waals surface area contributed by atoms with Crippen LogP contribution in [-0.2, 0) is 25.6 Å². The number of nitrogens with two attached hydrogens (primary N) is 1. The highest BCUT2D eigenvalue weighted by Gasteiger charge is 2.37. The maximum Gasteiger partial charge on any atom is 0.312 e. The fourth-order valence-corrected chi connectivity index (χ4v) is 5.25. The second kappa shape index (κ2) is 16.8. The van der Waals surface area contributed by atoms with E-state index in [4.69, 9.17) is 15.2 Å². The zero-order chi connectivity index (χ0) is 32.3. The van der Waals surface area contributed by atoms with Crippen LogP contribution in [0, 0.1) is 23.7 Å². The van der Waals surface area contributed by atoms with Crippen molar-refractivity contribution in [2.24, 2.45) is 29.4 Å². The minimum Gasteiger partial charge on any atom is -0.460 e. The summed E-state index contributed by atoms with van der Waals surface area (Å²) in [6.45, 7) is 14.7. The van der Waals surface area contributed by atoms with E-state index in [9.17, 15) is 19.5 Å². The number of carbonyl (C=O) groups is 3. The van der Waals surface area contributed by atoms with Gasteiger partial charge in [0.05, 0.1) is 30.4 Å². The molecule has 10 heteroatoms. The summed E-state index contributed by atoms with van der Waals surface area (Å²) in [6.07, 6.45) is 1.96. The molecule has 0 spiro atoms. The molecule has 1 heterocycles. The minimum absolute atomic E-state index is 0.0368. The third-order valence-corrected chi connectivity index (χ3v) is 7.76. The molecular weight excluding hydrogens is 548 g/mol. The summed E-state index contributed by atoms with van der Waals surface area (Å²) in [5.74, 6) is -2.88. The molecule has 0 fully saturated rings. The van der Waals surface area contributed by atoms with Crippen molar-refractivity contribution in [2.75, 3.05) is 20.3 Å². The van der Waals surface area contributed by atoms with Crippen LogP contribution in [-0.4, -0.2) is 65.6 Å². The van der Waals surface area contributed by atoms with Gasteiger partial charge >= 0.3 is 5.97 Å². The molecule has 10 nitrogen and oxygen atoms in total. The summed E-state index contributed by atoms with van der Waals surface area (Å²) in [4.78, 5) is 39.5. The molecule has 0 saturated carbocycles. The molecule has 0 aliphatic rings. The number of rotatable bonds is 17. The number of fused-ring (bicyclic) bond motifs is 1. The van der Waals surface area contributed by atoms with Crippen LogP contribution < -0.4 is 16.4 Å². The topological polar surface area (TPSA) is 145 Å². The molecule has 1 aromatic carbocycles. The summed E-state index contributed by atoms with van der Waals surface area (Å²) in [5, 5.41) is 18.0. The van der Waals surface area contributed by atoms with Crippen LogP contribution in [0.3, 0.4) is 0 Å². The average Bonchev–Trinajstić information content (AvgIpc) is 3.29. The lowest BCUT2D eigenvalue weighted by Gasteiger charge is -2.34. The molecule has 1 unspecified atom stereocenters. The molecule has 5 N–H and O–H groups in total. The number of amides is 2. The molecule has 5 atom stereocenters. The van der Waals surface area contributed by atoms with Crippen molar-refractivity contribution in [1.82, 2.24) is 15.2 Å². The van der Waals surface area contributed by atoms with Gasteiger partial charge in [0.15, 0.2) is 0 Å². The molecule has 0 aliphatic carbocycles. The number of ether oxygens (including phenoxy) is 2. The van der Waals surface area contributed by atoms with E-state index in [1.165, 1.54) is 0 Å². The highest BCUT2D eigenvalue weighted by atomic mass is 16.6. The minimum atomic E-state index is -1.13. The Labute approximate surface area is 257 Å². The quantitative estimate of drug-likeness (QED) is 0.120. The molecule has 43 heavy (non-hydrogen) atoms. The van der Waals surface area contributed by atoms with Gasteiger partial charge in [0, 0.05) is 43.2 Å². The van der Waals surface area contributed by atoms with Crippen molar-refractivity contribution in [3.63, 3.8) is 0 Å². The van der Waals surface area contributed by atoms with Crippen LogP contribution in [0.1, 0.15) is 84.5 Å². The molecule has 0 saturated heterocycles. The third kappa shape index (κ3) is 10.9. The summed E-state index contributed by atoms with van der Waals surface area (Å²) in [5.41, 5.74) is 7.27. The van der Waals surface area contributed by atoms with E-state index in [1.54, 1.807) is 41.0 Å². The van der Waals surface area contributed by atoms with Gasteiger partial charge in [-0.05, 0) is 57.9 Å². The Bertz CT molecular complexity index is 1190. The number of hydrogen-bond donors (Lipinski definition) is 4. The fraction of sp³-hybridized carbons (Fsp3) is 0.667. The number of nitrogens with zero attached hydrogens (tertiary/aromatic N) is 1. The Morgan fingerprint density at radius 1 is 1.09 bits per heavy atom. The Kier molecular flexibility index (Phi) is 14.1.